The van der Waals surface area contributed by atoms with Gasteiger partial charge in [0.1, 0.15) is 0 Å². The van der Waals surface area contributed by atoms with E-state index in [0.29, 0.717) is 6.54 Å². The Hall–Kier alpha value is -1.88. The smallest absolute Gasteiger partial charge is 0.279 e. The third kappa shape index (κ3) is 5.64. The molecule has 5 nitrogen and oxygen atoms in total. The maximum absolute atomic E-state index is 12.4. The van der Waals surface area contributed by atoms with Gasteiger partial charge in [-0.15, -0.1) is 0 Å². The minimum Gasteiger partial charge on any atom is -0.333 e. The van der Waals surface area contributed by atoms with Gasteiger partial charge in [-0.25, -0.2) is 0 Å². The number of aryl methyl sites for hydroxylation is 1. The van der Waals surface area contributed by atoms with Gasteiger partial charge in [0.05, 0.1) is 7.05 Å². The summed E-state index contributed by atoms with van der Waals surface area (Å²) < 4.78 is 0. The molecule has 0 aliphatic heterocycles. The number of amides is 2. The number of carbonyl (C=O) groups excluding carboxylic acids is 2. The van der Waals surface area contributed by atoms with Crippen LogP contribution in [0.1, 0.15) is 38.8 Å². The molecule has 1 aromatic carbocycles. The number of carbonyl (C=O) groups is 2. The molecule has 0 bridgehead atoms. The quantitative estimate of drug-likeness (QED) is 0.792. The lowest BCUT2D eigenvalue weighted by atomic mass is 10.1. The molecule has 0 aromatic heterocycles. The Balaban J connectivity index is 2.61. The number of quaternary nitrogens is 1. The highest BCUT2D eigenvalue weighted by Gasteiger charge is 2.24. The maximum Gasteiger partial charge on any atom is 0.279 e. The van der Waals surface area contributed by atoms with Crippen LogP contribution in [-0.4, -0.2) is 48.9 Å². The highest BCUT2D eigenvalue weighted by atomic mass is 16.2. The van der Waals surface area contributed by atoms with Gasteiger partial charge in [-0.1, -0.05) is 12.1 Å². The van der Waals surface area contributed by atoms with Crippen LogP contribution in [-0.2, 0) is 9.59 Å². The van der Waals surface area contributed by atoms with E-state index in [9.17, 15) is 9.59 Å². The third-order valence-electron chi connectivity index (χ3n) is 4.19. The zero-order valence-electron chi connectivity index (χ0n) is 16.1. The number of nitrogens with zero attached hydrogens (tertiary/aromatic N) is 1. The molecule has 1 unspecified atom stereocenters. The van der Waals surface area contributed by atoms with Crippen LogP contribution >= 0.6 is 0 Å². The van der Waals surface area contributed by atoms with Crippen molar-refractivity contribution in [2.45, 2.75) is 53.6 Å². The number of hydrogen-bond donors (Lipinski definition) is 2. The largest absolute Gasteiger partial charge is 0.333 e. The van der Waals surface area contributed by atoms with Crippen LogP contribution in [0.25, 0.3) is 0 Å². The normalized spacial score (nSPS) is 12.4. The van der Waals surface area contributed by atoms with Crippen molar-refractivity contribution in [3.63, 3.8) is 0 Å². The van der Waals surface area contributed by atoms with E-state index in [4.69, 9.17) is 0 Å². The van der Waals surface area contributed by atoms with Crippen molar-refractivity contribution in [1.29, 1.82) is 0 Å². The number of rotatable bonds is 7. The fourth-order valence-electron chi connectivity index (χ4n) is 2.94. The molecule has 0 fully saturated rings. The van der Waals surface area contributed by atoms with E-state index >= 15 is 0 Å². The lowest BCUT2D eigenvalue weighted by molar-refractivity contribution is -0.862. The van der Waals surface area contributed by atoms with Crippen LogP contribution in [0, 0.1) is 13.8 Å². The van der Waals surface area contributed by atoms with Gasteiger partial charge in [-0.2, -0.15) is 0 Å². The number of benzene rings is 1. The highest BCUT2D eigenvalue weighted by Crippen LogP contribution is 2.17. The van der Waals surface area contributed by atoms with Gasteiger partial charge in [-0.3, -0.25) is 9.59 Å². The molecular formula is C19H32N3O2+. The molecule has 0 aliphatic carbocycles. The summed E-state index contributed by atoms with van der Waals surface area (Å²) in [6.45, 7) is 12.7. The summed E-state index contributed by atoms with van der Waals surface area (Å²) in [7, 11) is 1.87. The molecule has 2 amide bonds. The zero-order chi connectivity index (χ0) is 18.4. The summed E-state index contributed by atoms with van der Waals surface area (Å²) >= 11 is 0. The molecule has 0 heterocycles. The van der Waals surface area contributed by atoms with E-state index in [1.807, 2.05) is 71.7 Å². The lowest BCUT2D eigenvalue weighted by Crippen LogP contribution is -3.11. The van der Waals surface area contributed by atoms with Crippen molar-refractivity contribution in [1.82, 2.24) is 4.90 Å². The standard InChI is InChI=1S/C19H31N3O2/c1-13(2)22(14(3)4)19(24)12-21(7)11-18(23)20-17-10-8-9-15(5)16(17)6/h8-10,13-14H,11-12H2,1-7H3,(H,20,23)/p+1. The Kier molecular flexibility index (Phi) is 7.42. The molecule has 2 N–H and O–H groups in total. The predicted octanol–water partition coefficient (Wildman–Crippen LogP) is 1.40. The highest BCUT2D eigenvalue weighted by molar-refractivity contribution is 5.92. The molecule has 134 valence electrons. The topological polar surface area (TPSA) is 53.9 Å². The number of likely N-dealkylation sites (N-methyl/N-ethyl adjacent to an activating group) is 1. The number of hydrogen-bond acceptors (Lipinski definition) is 2. The van der Waals surface area contributed by atoms with E-state index < -0.39 is 0 Å². The molecule has 0 radical (unpaired) electrons. The number of nitrogens with one attached hydrogen (secondary N) is 2. The average Bonchev–Trinajstić information content (AvgIpc) is 2.42. The summed E-state index contributed by atoms with van der Waals surface area (Å²) in [4.78, 5) is 27.4. The van der Waals surface area contributed by atoms with Gasteiger partial charge in [0.25, 0.3) is 11.8 Å². The molecule has 0 spiro atoms. The first kappa shape index (κ1) is 20.2. The Bertz CT molecular complexity index is 574. The molecule has 5 heteroatoms. The fraction of sp³-hybridized carbons (Fsp3) is 0.579. The summed E-state index contributed by atoms with van der Waals surface area (Å²) in [6.07, 6.45) is 0. The second-order valence-corrected chi connectivity index (χ2v) is 7.09. The van der Waals surface area contributed by atoms with Gasteiger partial charge in [0.2, 0.25) is 0 Å². The molecule has 1 aromatic rings. The van der Waals surface area contributed by atoms with E-state index in [0.717, 1.165) is 21.7 Å². The summed E-state index contributed by atoms with van der Waals surface area (Å²) in [5.41, 5.74) is 3.06. The minimum absolute atomic E-state index is 0.0744. The van der Waals surface area contributed by atoms with E-state index in [-0.39, 0.29) is 30.4 Å². The van der Waals surface area contributed by atoms with Crippen LogP contribution in [0.4, 0.5) is 5.69 Å². The monoisotopic (exact) mass is 334 g/mol. The third-order valence-corrected chi connectivity index (χ3v) is 4.19. The number of anilines is 1. The van der Waals surface area contributed by atoms with Crippen LogP contribution in [0.2, 0.25) is 0 Å². The van der Waals surface area contributed by atoms with Crippen molar-refractivity contribution in [3.05, 3.63) is 29.3 Å². The predicted molar refractivity (Wildman–Crippen MR) is 98.3 cm³/mol. The Labute approximate surface area is 146 Å². The molecule has 0 saturated heterocycles. The first-order valence-corrected chi connectivity index (χ1v) is 8.62. The van der Waals surface area contributed by atoms with Crippen LogP contribution in [0.15, 0.2) is 18.2 Å². The molecular weight excluding hydrogens is 302 g/mol. The van der Waals surface area contributed by atoms with Gasteiger partial charge in [-0.05, 0) is 58.7 Å². The van der Waals surface area contributed by atoms with Crippen molar-refractivity contribution in [2.75, 3.05) is 25.5 Å². The molecule has 0 saturated carbocycles. The van der Waals surface area contributed by atoms with Gasteiger partial charge in [0.15, 0.2) is 13.1 Å². The van der Waals surface area contributed by atoms with Crippen LogP contribution in [0.5, 0.6) is 0 Å². The minimum atomic E-state index is -0.0744. The van der Waals surface area contributed by atoms with Crippen molar-refractivity contribution in [2.24, 2.45) is 0 Å². The summed E-state index contributed by atoms with van der Waals surface area (Å²) in [5, 5.41) is 2.95. The summed E-state index contributed by atoms with van der Waals surface area (Å²) in [6, 6.07) is 6.18. The van der Waals surface area contributed by atoms with Crippen molar-refractivity contribution >= 4 is 17.5 Å². The fourth-order valence-corrected chi connectivity index (χ4v) is 2.94. The molecule has 24 heavy (non-hydrogen) atoms. The molecule has 0 aliphatic rings. The van der Waals surface area contributed by atoms with Gasteiger partial charge in [0, 0.05) is 17.8 Å². The second kappa shape index (κ2) is 8.83. The summed E-state index contributed by atoms with van der Waals surface area (Å²) in [5.74, 6) is 0.00619. The zero-order valence-corrected chi connectivity index (χ0v) is 16.1. The first-order chi connectivity index (χ1) is 11.1. The SMILES string of the molecule is Cc1cccc(NC(=O)C[NH+](C)CC(=O)N(C(C)C)C(C)C)c1C. The van der Waals surface area contributed by atoms with Crippen molar-refractivity contribution in [3.8, 4) is 0 Å². The maximum atomic E-state index is 12.4. The Morgan fingerprint density at radius 2 is 1.67 bits per heavy atom. The van der Waals surface area contributed by atoms with E-state index in [1.165, 1.54) is 0 Å². The first-order valence-electron chi connectivity index (χ1n) is 8.62. The molecule has 1 atom stereocenters. The lowest BCUT2D eigenvalue weighted by Gasteiger charge is -2.31. The Morgan fingerprint density at radius 1 is 1.08 bits per heavy atom. The van der Waals surface area contributed by atoms with E-state index in [2.05, 4.69) is 5.32 Å². The van der Waals surface area contributed by atoms with Gasteiger partial charge < -0.3 is 15.1 Å². The second-order valence-electron chi connectivity index (χ2n) is 7.09. The van der Waals surface area contributed by atoms with Crippen LogP contribution < -0.4 is 10.2 Å². The van der Waals surface area contributed by atoms with E-state index in [1.54, 1.807) is 0 Å². The van der Waals surface area contributed by atoms with Crippen molar-refractivity contribution < 1.29 is 14.5 Å². The van der Waals surface area contributed by atoms with Crippen LogP contribution in [0.3, 0.4) is 0 Å². The van der Waals surface area contributed by atoms with Gasteiger partial charge >= 0.3 is 0 Å². The Morgan fingerprint density at radius 3 is 2.21 bits per heavy atom. The molecule has 1 rings (SSSR count). The average molecular weight is 334 g/mol.